The first-order chi connectivity index (χ1) is 14.1. The van der Waals surface area contributed by atoms with Crippen LogP contribution >= 0.6 is 0 Å². The number of rotatable bonds is 3. The minimum absolute atomic E-state index is 0.0812. The minimum atomic E-state index is -0.234. The van der Waals surface area contributed by atoms with E-state index in [-0.39, 0.29) is 23.1 Å². The molecule has 2 aromatic heterocycles. The molecule has 0 radical (unpaired) electrons. The fourth-order valence-electron chi connectivity index (χ4n) is 3.78. The number of nitrogens with zero attached hydrogens (tertiary/aromatic N) is 5. The molecule has 2 fully saturated rings. The monoisotopic (exact) mass is 391 g/mol. The fourth-order valence-corrected chi connectivity index (χ4v) is 3.78. The van der Waals surface area contributed by atoms with E-state index in [1.165, 1.54) is 4.57 Å². The van der Waals surface area contributed by atoms with E-state index in [2.05, 4.69) is 14.9 Å². The molecule has 148 valence electrons. The van der Waals surface area contributed by atoms with Crippen LogP contribution in [-0.2, 0) is 4.79 Å². The summed E-state index contributed by atoms with van der Waals surface area (Å²) in [7, 11) is 0. The maximum Gasteiger partial charge on any atom is 0.263 e. The second kappa shape index (κ2) is 6.88. The van der Waals surface area contributed by atoms with Gasteiger partial charge in [0.25, 0.3) is 5.56 Å². The van der Waals surface area contributed by atoms with Crippen molar-refractivity contribution in [3.8, 4) is 11.4 Å². The summed E-state index contributed by atoms with van der Waals surface area (Å²) in [5.74, 6) is 1.21. The van der Waals surface area contributed by atoms with Crippen LogP contribution in [0.15, 0.2) is 47.7 Å². The summed E-state index contributed by atoms with van der Waals surface area (Å²) in [6, 6.07) is 6.60. The zero-order chi connectivity index (χ0) is 20.0. The zero-order valence-corrected chi connectivity index (χ0v) is 15.9. The van der Waals surface area contributed by atoms with Crippen molar-refractivity contribution in [3.05, 3.63) is 53.2 Å². The molecule has 0 unspecified atom stereocenters. The highest BCUT2D eigenvalue weighted by Crippen LogP contribution is 2.31. The van der Waals surface area contributed by atoms with Gasteiger partial charge in [0.05, 0.1) is 23.5 Å². The summed E-state index contributed by atoms with van der Waals surface area (Å²) in [5, 5.41) is 10.9. The third kappa shape index (κ3) is 3.20. The lowest BCUT2D eigenvalue weighted by atomic mass is 10.1. The number of phenolic OH excluding ortho intramolecular Hbond substituents is 1. The SMILES string of the molecule is O=C(C1CC1)N1CCN(c2ncc(-n3ccc4c(O)cccc4c3=O)cn2)CC1. The number of aromatic hydroxyl groups is 1. The Labute approximate surface area is 167 Å². The van der Waals surface area contributed by atoms with Gasteiger partial charge >= 0.3 is 0 Å². The molecular weight excluding hydrogens is 370 g/mol. The molecule has 2 aliphatic rings. The average Bonchev–Trinajstić information content (AvgIpc) is 3.60. The van der Waals surface area contributed by atoms with Crippen molar-refractivity contribution in [2.75, 3.05) is 31.1 Å². The van der Waals surface area contributed by atoms with E-state index in [0.29, 0.717) is 48.6 Å². The van der Waals surface area contributed by atoms with Crippen molar-refractivity contribution >= 4 is 22.6 Å². The van der Waals surface area contributed by atoms with Crippen molar-refractivity contribution in [1.82, 2.24) is 19.4 Å². The number of fused-ring (bicyclic) bond motifs is 1. The number of benzene rings is 1. The van der Waals surface area contributed by atoms with Gasteiger partial charge in [-0.1, -0.05) is 6.07 Å². The Kier molecular flexibility index (Phi) is 4.19. The molecule has 0 spiro atoms. The molecule has 1 amide bonds. The summed E-state index contributed by atoms with van der Waals surface area (Å²) in [6.45, 7) is 2.78. The highest BCUT2D eigenvalue weighted by Gasteiger charge is 2.34. The Hall–Kier alpha value is -3.42. The molecular formula is C21H21N5O3. The van der Waals surface area contributed by atoms with Crippen LogP contribution in [-0.4, -0.2) is 56.6 Å². The predicted octanol–water partition coefficient (Wildman–Crippen LogP) is 1.54. The summed E-state index contributed by atoms with van der Waals surface area (Å²) >= 11 is 0. The van der Waals surface area contributed by atoms with Gasteiger partial charge in [-0.15, -0.1) is 0 Å². The first-order valence-corrected chi connectivity index (χ1v) is 9.81. The van der Waals surface area contributed by atoms with Crippen molar-refractivity contribution < 1.29 is 9.90 Å². The Morgan fingerprint density at radius 3 is 2.41 bits per heavy atom. The largest absolute Gasteiger partial charge is 0.507 e. The van der Waals surface area contributed by atoms with E-state index in [1.807, 2.05) is 4.90 Å². The number of carbonyl (C=O) groups excluding carboxylic acids is 1. The maximum absolute atomic E-state index is 12.8. The summed E-state index contributed by atoms with van der Waals surface area (Å²) in [4.78, 5) is 37.8. The van der Waals surface area contributed by atoms with Crippen LogP contribution in [0.2, 0.25) is 0 Å². The topological polar surface area (TPSA) is 91.6 Å². The van der Waals surface area contributed by atoms with Crippen LogP contribution in [0.5, 0.6) is 5.75 Å². The first-order valence-electron chi connectivity index (χ1n) is 9.81. The molecule has 8 heteroatoms. The van der Waals surface area contributed by atoms with Crippen LogP contribution in [0.1, 0.15) is 12.8 Å². The molecule has 1 saturated heterocycles. The first kappa shape index (κ1) is 17.7. The third-order valence-electron chi connectivity index (χ3n) is 5.63. The van der Waals surface area contributed by atoms with E-state index in [0.717, 1.165) is 12.8 Å². The number of hydrogen-bond acceptors (Lipinski definition) is 6. The Balaban J connectivity index is 1.34. The number of carbonyl (C=O) groups is 1. The molecule has 3 aromatic rings. The van der Waals surface area contributed by atoms with Crippen LogP contribution in [0.25, 0.3) is 16.5 Å². The van der Waals surface area contributed by atoms with Gasteiger partial charge in [0.2, 0.25) is 11.9 Å². The molecule has 29 heavy (non-hydrogen) atoms. The van der Waals surface area contributed by atoms with E-state index < -0.39 is 0 Å². The number of amides is 1. The van der Waals surface area contributed by atoms with Crippen molar-refractivity contribution in [3.63, 3.8) is 0 Å². The lowest BCUT2D eigenvalue weighted by Crippen LogP contribution is -2.49. The molecule has 1 N–H and O–H groups in total. The number of piperazine rings is 1. The summed E-state index contributed by atoms with van der Waals surface area (Å²) in [6.07, 6.45) is 6.92. The molecule has 0 bridgehead atoms. The standard InChI is InChI=1S/C21H21N5O3/c27-18-3-1-2-17-16(18)6-7-26(20(17)29)15-12-22-21(23-13-15)25-10-8-24(9-11-25)19(28)14-4-5-14/h1-3,6-7,12-14,27H,4-5,8-11H2. The fraction of sp³-hybridized carbons (Fsp3) is 0.333. The van der Waals surface area contributed by atoms with Crippen molar-refractivity contribution in [1.29, 1.82) is 0 Å². The third-order valence-corrected chi connectivity index (χ3v) is 5.63. The van der Waals surface area contributed by atoms with E-state index in [9.17, 15) is 14.7 Å². The molecule has 1 aliphatic heterocycles. The molecule has 1 aliphatic carbocycles. The van der Waals surface area contributed by atoms with Gasteiger partial charge in [0.1, 0.15) is 5.75 Å². The Bertz CT molecular complexity index is 1130. The van der Waals surface area contributed by atoms with E-state index in [1.54, 1.807) is 42.9 Å². The van der Waals surface area contributed by atoms with Crippen molar-refractivity contribution in [2.45, 2.75) is 12.8 Å². The van der Waals surface area contributed by atoms with Gasteiger partial charge in [0.15, 0.2) is 0 Å². The second-order valence-electron chi connectivity index (χ2n) is 7.56. The van der Waals surface area contributed by atoms with Gasteiger partial charge in [0, 0.05) is 43.7 Å². The number of anilines is 1. The zero-order valence-electron chi connectivity index (χ0n) is 15.9. The van der Waals surface area contributed by atoms with Crippen LogP contribution in [0.3, 0.4) is 0 Å². The maximum atomic E-state index is 12.8. The smallest absolute Gasteiger partial charge is 0.263 e. The molecule has 0 atom stereocenters. The molecule has 3 heterocycles. The van der Waals surface area contributed by atoms with Gasteiger partial charge in [-0.2, -0.15) is 0 Å². The van der Waals surface area contributed by atoms with E-state index >= 15 is 0 Å². The summed E-state index contributed by atoms with van der Waals surface area (Å²) in [5.41, 5.74) is 0.327. The van der Waals surface area contributed by atoms with Crippen LogP contribution in [0, 0.1) is 5.92 Å². The number of pyridine rings is 1. The number of aromatic nitrogens is 3. The van der Waals surface area contributed by atoms with Gasteiger partial charge in [-0.05, 0) is 31.0 Å². The normalized spacial score (nSPS) is 17.0. The Morgan fingerprint density at radius 2 is 1.72 bits per heavy atom. The highest BCUT2D eigenvalue weighted by atomic mass is 16.3. The van der Waals surface area contributed by atoms with Crippen LogP contribution < -0.4 is 10.5 Å². The average molecular weight is 391 g/mol. The summed E-state index contributed by atoms with van der Waals surface area (Å²) < 4.78 is 1.47. The van der Waals surface area contributed by atoms with Crippen LogP contribution in [0.4, 0.5) is 5.95 Å². The second-order valence-corrected chi connectivity index (χ2v) is 7.56. The van der Waals surface area contributed by atoms with Gasteiger partial charge < -0.3 is 14.9 Å². The highest BCUT2D eigenvalue weighted by molar-refractivity contribution is 5.87. The minimum Gasteiger partial charge on any atom is -0.507 e. The lowest BCUT2D eigenvalue weighted by molar-refractivity contribution is -0.132. The number of phenols is 1. The van der Waals surface area contributed by atoms with Gasteiger partial charge in [-0.3, -0.25) is 14.2 Å². The Morgan fingerprint density at radius 1 is 1.00 bits per heavy atom. The van der Waals surface area contributed by atoms with Gasteiger partial charge in [-0.25, -0.2) is 9.97 Å². The molecule has 1 aromatic carbocycles. The molecule has 8 nitrogen and oxygen atoms in total. The van der Waals surface area contributed by atoms with E-state index in [4.69, 9.17) is 0 Å². The predicted molar refractivity (Wildman–Crippen MR) is 108 cm³/mol. The molecule has 1 saturated carbocycles. The lowest BCUT2D eigenvalue weighted by Gasteiger charge is -2.34. The quantitative estimate of drug-likeness (QED) is 0.728. The number of hydrogen-bond donors (Lipinski definition) is 1. The van der Waals surface area contributed by atoms with Crippen molar-refractivity contribution in [2.24, 2.45) is 5.92 Å². The molecule has 5 rings (SSSR count).